The average molecular weight is 318 g/mol. The maximum absolute atomic E-state index is 12.3. The first-order valence-electron chi connectivity index (χ1n) is 7.46. The number of morpholine rings is 1. The van der Waals surface area contributed by atoms with E-state index in [1.54, 1.807) is 4.90 Å². The zero-order valence-corrected chi connectivity index (χ0v) is 12.9. The molecule has 0 bridgehead atoms. The average Bonchev–Trinajstić information content (AvgIpc) is 2.85. The molecule has 7 nitrogen and oxygen atoms in total. The standard InChI is InChI=1S/C13H22N2O5S/c16-12(14-11-2-1-7-21(17,18)8-11)15-4-6-20-13(9-15)3-5-19-10-13/h11H,1-10H2,(H,14,16). The molecule has 3 rings (SSSR count). The Kier molecular flexibility index (Phi) is 4.11. The third kappa shape index (κ3) is 3.49. The van der Waals surface area contributed by atoms with E-state index in [4.69, 9.17) is 9.47 Å². The van der Waals surface area contributed by atoms with Crippen LogP contribution in [0.5, 0.6) is 0 Å². The molecule has 1 N–H and O–H groups in total. The van der Waals surface area contributed by atoms with Crippen LogP contribution in [-0.4, -0.2) is 75.4 Å². The number of ether oxygens (including phenoxy) is 2. The van der Waals surface area contributed by atoms with Gasteiger partial charge in [0.1, 0.15) is 5.60 Å². The fourth-order valence-electron chi connectivity index (χ4n) is 3.25. The second kappa shape index (κ2) is 5.73. The molecule has 3 aliphatic rings. The van der Waals surface area contributed by atoms with Gasteiger partial charge in [0, 0.05) is 25.6 Å². The Morgan fingerprint density at radius 2 is 2.19 bits per heavy atom. The number of rotatable bonds is 1. The van der Waals surface area contributed by atoms with E-state index >= 15 is 0 Å². The van der Waals surface area contributed by atoms with Crippen molar-refractivity contribution in [2.75, 3.05) is 44.4 Å². The molecule has 0 aliphatic carbocycles. The van der Waals surface area contributed by atoms with Crippen molar-refractivity contribution in [2.45, 2.75) is 30.9 Å². The Balaban J connectivity index is 1.57. The number of amides is 2. The highest BCUT2D eigenvalue weighted by Gasteiger charge is 2.42. The topological polar surface area (TPSA) is 84.9 Å². The van der Waals surface area contributed by atoms with Gasteiger partial charge in [-0.3, -0.25) is 0 Å². The van der Waals surface area contributed by atoms with Gasteiger partial charge in [0.2, 0.25) is 0 Å². The van der Waals surface area contributed by atoms with Crippen LogP contribution in [-0.2, 0) is 19.3 Å². The minimum absolute atomic E-state index is 0.0529. The highest BCUT2D eigenvalue weighted by atomic mass is 32.2. The Morgan fingerprint density at radius 3 is 2.90 bits per heavy atom. The second-order valence-corrected chi connectivity index (χ2v) is 8.39. The van der Waals surface area contributed by atoms with Crippen LogP contribution in [0.2, 0.25) is 0 Å². The van der Waals surface area contributed by atoms with Crippen molar-refractivity contribution in [3.05, 3.63) is 0 Å². The van der Waals surface area contributed by atoms with Crippen molar-refractivity contribution < 1.29 is 22.7 Å². The quantitative estimate of drug-likeness (QED) is 0.721. The van der Waals surface area contributed by atoms with Gasteiger partial charge in [-0.1, -0.05) is 0 Å². The molecule has 2 atom stereocenters. The van der Waals surface area contributed by atoms with Crippen LogP contribution in [0.15, 0.2) is 0 Å². The van der Waals surface area contributed by atoms with Crippen molar-refractivity contribution in [3.63, 3.8) is 0 Å². The minimum atomic E-state index is -3.01. The Bertz CT molecular complexity index is 501. The number of hydrogen-bond donors (Lipinski definition) is 1. The van der Waals surface area contributed by atoms with Crippen LogP contribution >= 0.6 is 0 Å². The summed E-state index contributed by atoms with van der Waals surface area (Å²) in [7, 11) is -3.01. The van der Waals surface area contributed by atoms with Gasteiger partial charge in [0.05, 0.1) is 31.3 Å². The third-order valence-electron chi connectivity index (χ3n) is 4.39. The van der Waals surface area contributed by atoms with Crippen LogP contribution in [0.1, 0.15) is 19.3 Å². The zero-order chi connectivity index (χ0) is 14.9. The van der Waals surface area contributed by atoms with Crippen molar-refractivity contribution >= 4 is 15.9 Å². The summed E-state index contributed by atoms with van der Waals surface area (Å²) in [5, 5.41) is 2.86. The van der Waals surface area contributed by atoms with E-state index in [9.17, 15) is 13.2 Å². The van der Waals surface area contributed by atoms with Crippen molar-refractivity contribution in [1.82, 2.24) is 10.2 Å². The molecular weight excluding hydrogens is 296 g/mol. The molecule has 3 aliphatic heterocycles. The molecular formula is C13H22N2O5S. The lowest BCUT2D eigenvalue weighted by Crippen LogP contribution is -2.58. The van der Waals surface area contributed by atoms with E-state index in [-0.39, 0.29) is 29.2 Å². The fraction of sp³-hybridized carbons (Fsp3) is 0.923. The highest BCUT2D eigenvalue weighted by molar-refractivity contribution is 7.91. The van der Waals surface area contributed by atoms with Crippen LogP contribution < -0.4 is 5.32 Å². The lowest BCUT2D eigenvalue weighted by molar-refractivity contribution is -0.0976. The summed E-state index contributed by atoms with van der Waals surface area (Å²) >= 11 is 0. The maximum atomic E-state index is 12.3. The summed E-state index contributed by atoms with van der Waals surface area (Å²) < 4.78 is 34.4. The van der Waals surface area contributed by atoms with Crippen LogP contribution in [0.3, 0.4) is 0 Å². The fourth-order valence-corrected chi connectivity index (χ4v) is 4.88. The monoisotopic (exact) mass is 318 g/mol. The number of nitrogens with zero attached hydrogens (tertiary/aromatic N) is 1. The van der Waals surface area contributed by atoms with Gasteiger partial charge in [0.25, 0.3) is 0 Å². The summed E-state index contributed by atoms with van der Waals surface area (Å²) in [6.45, 7) is 2.73. The second-order valence-electron chi connectivity index (χ2n) is 6.16. The molecule has 3 heterocycles. The summed E-state index contributed by atoms with van der Waals surface area (Å²) in [4.78, 5) is 14.1. The van der Waals surface area contributed by atoms with Gasteiger partial charge in [-0.2, -0.15) is 0 Å². The molecule has 0 aromatic rings. The number of urea groups is 1. The molecule has 0 radical (unpaired) electrons. The molecule has 21 heavy (non-hydrogen) atoms. The number of sulfone groups is 1. The van der Waals surface area contributed by atoms with Crippen molar-refractivity contribution in [3.8, 4) is 0 Å². The predicted molar refractivity (Wildman–Crippen MR) is 75.9 cm³/mol. The first-order chi connectivity index (χ1) is 9.98. The number of carbonyl (C=O) groups is 1. The Labute approximate surface area is 124 Å². The molecule has 8 heteroatoms. The molecule has 2 amide bonds. The van der Waals surface area contributed by atoms with Crippen molar-refractivity contribution in [2.24, 2.45) is 0 Å². The number of nitrogens with one attached hydrogen (secondary N) is 1. The predicted octanol–water partition coefficient (Wildman–Crippen LogP) is -0.235. The van der Waals surface area contributed by atoms with E-state index in [0.29, 0.717) is 39.3 Å². The van der Waals surface area contributed by atoms with E-state index in [2.05, 4.69) is 5.32 Å². The number of carbonyl (C=O) groups excluding carboxylic acids is 1. The smallest absolute Gasteiger partial charge is 0.317 e. The molecule has 120 valence electrons. The van der Waals surface area contributed by atoms with Gasteiger partial charge < -0.3 is 19.7 Å². The molecule has 3 saturated heterocycles. The maximum Gasteiger partial charge on any atom is 0.317 e. The first-order valence-corrected chi connectivity index (χ1v) is 9.28. The lowest BCUT2D eigenvalue weighted by atomic mass is 10.0. The van der Waals surface area contributed by atoms with Gasteiger partial charge in [-0.15, -0.1) is 0 Å². The number of hydrogen-bond acceptors (Lipinski definition) is 5. The van der Waals surface area contributed by atoms with E-state index < -0.39 is 9.84 Å². The van der Waals surface area contributed by atoms with Crippen LogP contribution in [0.4, 0.5) is 4.79 Å². The Hall–Kier alpha value is -0.860. The van der Waals surface area contributed by atoms with E-state index in [0.717, 1.165) is 12.8 Å². The molecule has 1 spiro atoms. The van der Waals surface area contributed by atoms with Crippen LogP contribution in [0.25, 0.3) is 0 Å². The summed E-state index contributed by atoms with van der Waals surface area (Å²) in [5.41, 5.74) is -0.367. The summed E-state index contributed by atoms with van der Waals surface area (Å²) in [6, 6.07) is -0.457. The molecule has 0 aromatic carbocycles. The van der Waals surface area contributed by atoms with Gasteiger partial charge in [-0.25, -0.2) is 13.2 Å². The largest absolute Gasteiger partial charge is 0.378 e. The molecule has 3 fully saturated rings. The highest BCUT2D eigenvalue weighted by Crippen LogP contribution is 2.27. The van der Waals surface area contributed by atoms with Gasteiger partial charge in [-0.05, 0) is 12.8 Å². The SMILES string of the molecule is O=C(NC1CCCS(=O)(=O)C1)N1CCOC2(CCOC2)C1. The Morgan fingerprint density at radius 1 is 1.33 bits per heavy atom. The summed E-state index contributed by atoms with van der Waals surface area (Å²) in [5.74, 6) is 0.286. The van der Waals surface area contributed by atoms with E-state index in [1.807, 2.05) is 0 Å². The normalized spacial score (nSPS) is 35.8. The van der Waals surface area contributed by atoms with Crippen molar-refractivity contribution in [1.29, 1.82) is 0 Å². The minimum Gasteiger partial charge on any atom is -0.378 e. The zero-order valence-electron chi connectivity index (χ0n) is 12.0. The lowest BCUT2D eigenvalue weighted by Gasteiger charge is -2.40. The third-order valence-corrected chi connectivity index (χ3v) is 6.21. The van der Waals surface area contributed by atoms with Gasteiger partial charge >= 0.3 is 6.03 Å². The molecule has 0 saturated carbocycles. The van der Waals surface area contributed by atoms with E-state index in [1.165, 1.54) is 0 Å². The molecule has 2 unspecified atom stereocenters. The molecule has 0 aromatic heterocycles. The van der Waals surface area contributed by atoms with Gasteiger partial charge in [0.15, 0.2) is 9.84 Å². The summed E-state index contributed by atoms with van der Waals surface area (Å²) in [6.07, 6.45) is 2.15. The first kappa shape index (κ1) is 15.1. The van der Waals surface area contributed by atoms with Crippen LogP contribution in [0, 0.1) is 0 Å².